The Labute approximate surface area is 162 Å². The average molecular weight is 385 g/mol. The van der Waals surface area contributed by atoms with E-state index in [0.29, 0.717) is 18.9 Å². The second-order valence-electron chi connectivity index (χ2n) is 6.90. The molecule has 0 bridgehead atoms. The topological polar surface area (TPSA) is 66.6 Å². The largest absolute Gasteiger partial charge is 0.368 e. The number of nitrogens with zero attached hydrogens (tertiary/aromatic N) is 6. The highest BCUT2D eigenvalue weighted by Crippen LogP contribution is 2.25. The molecule has 0 atom stereocenters. The summed E-state index contributed by atoms with van der Waals surface area (Å²) in [7, 11) is 0. The number of hydrogen-bond donors (Lipinski definition) is 0. The number of amides is 1. The monoisotopic (exact) mass is 384 g/mol. The Hall–Kier alpha value is -2.67. The van der Waals surface area contributed by atoms with Crippen molar-refractivity contribution in [3.05, 3.63) is 52.1 Å². The summed E-state index contributed by atoms with van der Waals surface area (Å²) >= 11 is 6.14. The maximum absolute atomic E-state index is 12.9. The molecular weight excluding hydrogens is 364 g/mol. The summed E-state index contributed by atoms with van der Waals surface area (Å²) in [6, 6.07) is 7.82. The number of anilines is 1. The molecule has 3 heterocycles. The zero-order valence-electron chi connectivity index (χ0n) is 15.6. The first-order chi connectivity index (χ1) is 12.9. The molecule has 0 spiro atoms. The summed E-state index contributed by atoms with van der Waals surface area (Å²) in [5.41, 5.74) is 4.07. The fourth-order valence-corrected chi connectivity index (χ4v) is 3.64. The van der Waals surface area contributed by atoms with Gasteiger partial charge in [0.2, 0.25) is 5.82 Å². The Bertz CT molecular complexity index is 1020. The molecule has 27 heavy (non-hydrogen) atoms. The van der Waals surface area contributed by atoms with Crippen molar-refractivity contribution in [2.24, 2.45) is 0 Å². The molecule has 3 aromatic rings. The average Bonchev–Trinajstić information content (AvgIpc) is 3.07. The van der Waals surface area contributed by atoms with E-state index in [1.807, 2.05) is 38.1 Å². The van der Waals surface area contributed by atoms with Crippen molar-refractivity contribution in [1.29, 1.82) is 0 Å². The quantitative estimate of drug-likeness (QED) is 0.679. The zero-order chi connectivity index (χ0) is 19.1. The lowest BCUT2D eigenvalue weighted by Crippen LogP contribution is -2.49. The first kappa shape index (κ1) is 17.7. The second-order valence-corrected chi connectivity index (χ2v) is 7.33. The minimum Gasteiger partial charge on any atom is -0.368 e. The van der Waals surface area contributed by atoms with Gasteiger partial charge in [0.05, 0.1) is 0 Å². The number of carbonyl (C=O) groups excluding carboxylic acids is 1. The maximum Gasteiger partial charge on any atom is 0.293 e. The van der Waals surface area contributed by atoms with Gasteiger partial charge in [-0.3, -0.25) is 4.79 Å². The highest BCUT2D eigenvalue weighted by molar-refractivity contribution is 6.30. The molecule has 1 amide bonds. The molecule has 8 heteroatoms. The summed E-state index contributed by atoms with van der Waals surface area (Å²) in [5, 5.41) is 5.08. The Morgan fingerprint density at radius 2 is 1.78 bits per heavy atom. The van der Waals surface area contributed by atoms with Gasteiger partial charge in [-0.05, 0) is 44.5 Å². The number of aromatic nitrogens is 4. The molecule has 1 aromatic carbocycles. The van der Waals surface area contributed by atoms with Crippen LogP contribution in [0.5, 0.6) is 0 Å². The summed E-state index contributed by atoms with van der Waals surface area (Å²) in [5.74, 6) is 0.507. The van der Waals surface area contributed by atoms with Gasteiger partial charge >= 0.3 is 0 Å². The molecule has 1 aliphatic rings. The van der Waals surface area contributed by atoms with Gasteiger partial charge in [-0.15, -0.1) is 5.10 Å². The van der Waals surface area contributed by atoms with Crippen molar-refractivity contribution >= 4 is 29.0 Å². The van der Waals surface area contributed by atoms with Gasteiger partial charge in [0.15, 0.2) is 0 Å². The Morgan fingerprint density at radius 1 is 1.04 bits per heavy atom. The highest BCUT2D eigenvalue weighted by atomic mass is 35.5. The smallest absolute Gasteiger partial charge is 0.293 e. The summed E-state index contributed by atoms with van der Waals surface area (Å²) in [4.78, 5) is 25.6. The van der Waals surface area contributed by atoms with Crippen molar-refractivity contribution in [3.63, 3.8) is 0 Å². The molecule has 0 N–H and O–H groups in total. The molecular formula is C19H21ClN6O. The molecule has 0 unspecified atom stereocenters. The number of hydrogen-bond acceptors (Lipinski definition) is 5. The molecule has 7 nitrogen and oxygen atoms in total. The number of aryl methyl sites for hydroxylation is 3. The van der Waals surface area contributed by atoms with Crippen LogP contribution in [0.1, 0.15) is 27.6 Å². The first-order valence-corrected chi connectivity index (χ1v) is 9.31. The van der Waals surface area contributed by atoms with Gasteiger partial charge in [-0.25, -0.2) is 9.50 Å². The standard InChI is InChI=1S/C19H21ClN6O/c1-12-4-5-15(20)11-16(12)24-6-8-25(9-7-24)18(27)17-22-19-21-13(2)10-14(3)26(19)23-17/h4-5,10-11H,6-9H2,1-3H3. The van der Waals surface area contributed by atoms with E-state index in [-0.39, 0.29) is 11.7 Å². The van der Waals surface area contributed by atoms with Gasteiger partial charge in [0.1, 0.15) is 0 Å². The molecule has 0 radical (unpaired) electrons. The number of carbonyl (C=O) groups is 1. The van der Waals surface area contributed by atoms with Crippen molar-refractivity contribution in [1.82, 2.24) is 24.5 Å². The normalized spacial score (nSPS) is 14.8. The van der Waals surface area contributed by atoms with Gasteiger partial charge in [0, 0.05) is 48.3 Å². The summed E-state index contributed by atoms with van der Waals surface area (Å²) in [6.45, 7) is 8.63. The van der Waals surface area contributed by atoms with Crippen LogP contribution in [0.15, 0.2) is 24.3 Å². The number of fused-ring (bicyclic) bond motifs is 1. The predicted molar refractivity (Wildman–Crippen MR) is 105 cm³/mol. The lowest BCUT2D eigenvalue weighted by molar-refractivity contribution is 0.0734. The molecule has 1 aliphatic heterocycles. The van der Waals surface area contributed by atoms with Crippen LogP contribution in [-0.4, -0.2) is 56.6 Å². The van der Waals surface area contributed by atoms with Crippen LogP contribution in [0, 0.1) is 20.8 Å². The van der Waals surface area contributed by atoms with E-state index in [1.54, 1.807) is 9.42 Å². The Morgan fingerprint density at radius 3 is 2.52 bits per heavy atom. The van der Waals surface area contributed by atoms with Crippen LogP contribution < -0.4 is 4.90 Å². The molecule has 0 saturated carbocycles. The first-order valence-electron chi connectivity index (χ1n) is 8.94. The third-order valence-corrected chi connectivity index (χ3v) is 5.12. The minimum atomic E-state index is -0.153. The van der Waals surface area contributed by atoms with Crippen molar-refractivity contribution in [2.45, 2.75) is 20.8 Å². The van der Waals surface area contributed by atoms with E-state index in [1.165, 1.54) is 5.56 Å². The lowest BCUT2D eigenvalue weighted by Gasteiger charge is -2.36. The van der Waals surface area contributed by atoms with Crippen molar-refractivity contribution in [2.75, 3.05) is 31.1 Å². The Kier molecular flexibility index (Phi) is 4.47. The van der Waals surface area contributed by atoms with Crippen molar-refractivity contribution < 1.29 is 4.79 Å². The fraction of sp³-hybridized carbons (Fsp3) is 0.368. The van der Waals surface area contributed by atoms with Gasteiger partial charge in [0.25, 0.3) is 11.7 Å². The van der Waals surface area contributed by atoms with Gasteiger partial charge < -0.3 is 9.80 Å². The third-order valence-electron chi connectivity index (χ3n) is 4.89. The van der Waals surface area contributed by atoms with E-state index in [2.05, 4.69) is 26.9 Å². The summed E-state index contributed by atoms with van der Waals surface area (Å²) in [6.07, 6.45) is 0. The van der Waals surface area contributed by atoms with Crippen LogP contribution in [0.2, 0.25) is 5.02 Å². The van der Waals surface area contributed by atoms with E-state index >= 15 is 0 Å². The molecule has 0 aliphatic carbocycles. The number of halogens is 1. The Balaban J connectivity index is 1.50. The lowest BCUT2D eigenvalue weighted by atomic mass is 10.1. The van der Waals surface area contributed by atoms with E-state index in [0.717, 1.165) is 35.2 Å². The van der Waals surface area contributed by atoms with Crippen LogP contribution in [-0.2, 0) is 0 Å². The molecule has 1 fully saturated rings. The number of benzene rings is 1. The molecule has 2 aromatic heterocycles. The third kappa shape index (κ3) is 3.35. The van der Waals surface area contributed by atoms with Crippen molar-refractivity contribution in [3.8, 4) is 0 Å². The van der Waals surface area contributed by atoms with E-state index in [9.17, 15) is 4.79 Å². The highest BCUT2D eigenvalue weighted by Gasteiger charge is 2.26. The summed E-state index contributed by atoms with van der Waals surface area (Å²) < 4.78 is 1.62. The fourth-order valence-electron chi connectivity index (χ4n) is 3.47. The second kappa shape index (κ2) is 6.81. The minimum absolute atomic E-state index is 0.153. The van der Waals surface area contributed by atoms with Crippen LogP contribution >= 0.6 is 11.6 Å². The zero-order valence-corrected chi connectivity index (χ0v) is 16.4. The maximum atomic E-state index is 12.9. The van der Waals surface area contributed by atoms with E-state index < -0.39 is 0 Å². The SMILES string of the molecule is Cc1cc(C)n2nc(C(=O)N3CCN(c4cc(Cl)ccc4C)CC3)nc2n1. The van der Waals surface area contributed by atoms with Gasteiger partial charge in [-0.1, -0.05) is 17.7 Å². The van der Waals surface area contributed by atoms with E-state index in [4.69, 9.17) is 11.6 Å². The number of rotatable bonds is 2. The van der Waals surface area contributed by atoms with Gasteiger partial charge in [-0.2, -0.15) is 4.98 Å². The molecule has 1 saturated heterocycles. The predicted octanol–water partition coefficient (Wildman–Crippen LogP) is 2.67. The van der Waals surface area contributed by atoms with Crippen LogP contribution in [0.4, 0.5) is 5.69 Å². The van der Waals surface area contributed by atoms with Crippen LogP contribution in [0.25, 0.3) is 5.78 Å². The van der Waals surface area contributed by atoms with Crippen LogP contribution in [0.3, 0.4) is 0 Å². The number of piperazine rings is 1. The molecule has 4 rings (SSSR count). The molecule has 140 valence electrons.